The Labute approximate surface area is 161 Å². The highest BCUT2D eigenvalue weighted by atomic mass is 19.1. The summed E-state index contributed by atoms with van der Waals surface area (Å²) in [5.74, 6) is -2.18. The van der Waals surface area contributed by atoms with Crippen LogP contribution in [-0.4, -0.2) is 26.7 Å². The van der Waals surface area contributed by atoms with E-state index < -0.39 is 17.5 Å². The zero-order valence-corrected chi connectivity index (χ0v) is 16.0. The lowest BCUT2D eigenvalue weighted by Crippen LogP contribution is -2.15. The third-order valence-corrected chi connectivity index (χ3v) is 3.12. The number of allylic oxidation sites excluding steroid dienone is 2. The topological polar surface area (TPSA) is 75.1 Å². The average molecular weight is 390 g/mol. The van der Waals surface area contributed by atoms with Crippen molar-refractivity contribution < 1.29 is 13.2 Å². The van der Waals surface area contributed by atoms with E-state index in [1.54, 1.807) is 13.8 Å². The molecule has 0 bridgehead atoms. The van der Waals surface area contributed by atoms with Gasteiger partial charge < -0.3 is 10.6 Å². The first kappa shape index (κ1) is 21.1. The van der Waals surface area contributed by atoms with Gasteiger partial charge in [-0.05, 0) is 45.9 Å². The summed E-state index contributed by atoms with van der Waals surface area (Å²) in [5, 5.41) is 5.69. The van der Waals surface area contributed by atoms with Crippen LogP contribution in [0, 0.1) is 11.6 Å². The van der Waals surface area contributed by atoms with Gasteiger partial charge in [-0.15, -0.1) is 0 Å². The van der Waals surface area contributed by atoms with E-state index in [9.17, 15) is 13.2 Å². The number of halogens is 3. The maximum Gasteiger partial charge on any atom is 0.232 e. The van der Waals surface area contributed by atoms with Crippen molar-refractivity contribution in [1.82, 2.24) is 15.0 Å². The maximum absolute atomic E-state index is 14.3. The molecule has 2 N–H and O–H groups in total. The third kappa shape index (κ3) is 5.90. The Kier molecular flexibility index (Phi) is 6.86. The SMILES string of the molecule is C=C/C(F)=C(\N=C(C)C)c1nc(Nc2cc(F)cc(F)c2)nc(NC(C)C)n1. The van der Waals surface area contributed by atoms with Crippen LogP contribution in [0.4, 0.5) is 30.8 Å². The molecule has 2 rings (SSSR count). The second kappa shape index (κ2) is 9.12. The summed E-state index contributed by atoms with van der Waals surface area (Å²) in [4.78, 5) is 16.6. The van der Waals surface area contributed by atoms with Crippen LogP contribution in [0.2, 0.25) is 0 Å². The normalized spacial score (nSPS) is 11.7. The largest absolute Gasteiger partial charge is 0.352 e. The number of anilines is 3. The number of aromatic nitrogens is 3. The number of hydrogen-bond acceptors (Lipinski definition) is 6. The Bertz CT molecular complexity index is 913. The number of hydrogen-bond donors (Lipinski definition) is 2. The summed E-state index contributed by atoms with van der Waals surface area (Å²) < 4.78 is 41.2. The van der Waals surface area contributed by atoms with Crippen LogP contribution in [0.15, 0.2) is 41.7 Å². The lowest BCUT2D eigenvalue weighted by molar-refractivity contribution is 0.584. The summed E-state index contributed by atoms with van der Waals surface area (Å²) in [5.41, 5.74) is 0.542. The standard InChI is InChI=1S/C19H21F3N6/c1-6-15(22)16(23-10(2)3)17-26-18(24-11(4)5)28-19(27-17)25-14-8-12(20)7-13(21)9-14/h6-9,11H,1H2,2-5H3,(H2,24,25,26,27,28)/b16-15+. The Hall–Kier alpha value is -3.23. The van der Waals surface area contributed by atoms with Crippen LogP contribution in [0.3, 0.4) is 0 Å². The van der Waals surface area contributed by atoms with Gasteiger partial charge in [0.05, 0.1) is 0 Å². The lowest BCUT2D eigenvalue weighted by atomic mass is 10.3. The van der Waals surface area contributed by atoms with Crippen molar-refractivity contribution in [3.8, 4) is 0 Å². The molecule has 0 amide bonds. The zero-order valence-electron chi connectivity index (χ0n) is 16.0. The quantitative estimate of drug-likeness (QED) is 0.513. The van der Waals surface area contributed by atoms with Gasteiger partial charge in [0.25, 0.3) is 0 Å². The van der Waals surface area contributed by atoms with Gasteiger partial charge in [-0.1, -0.05) is 6.58 Å². The summed E-state index contributed by atoms with van der Waals surface area (Å²) >= 11 is 0. The molecule has 0 atom stereocenters. The predicted molar refractivity (Wildman–Crippen MR) is 105 cm³/mol. The van der Waals surface area contributed by atoms with Gasteiger partial charge in [0.2, 0.25) is 11.9 Å². The van der Waals surface area contributed by atoms with Gasteiger partial charge in [-0.25, -0.2) is 13.2 Å². The van der Waals surface area contributed by atoms with Crippen molar-refractivity contribution in [1.29, 1.82) is 0 Å². The summed E-state index contributed by atoms with van der Waals surface area (Å²) in [7, 11) is 0. The molecule has 0 spiro atoms. The molecular formula is C19H21F3N6. The first-order chi connectivity index (χ1) is 13.2. The first-order valence-corrected chi connectivity index (χ1v) is 8.48. The van der Waals surface area contributed by atoms with E-state index in [0.29, 0.717) is 5.71 Å². The van der Waals surface area contributed by atoms with Crippen LogP contribution >= 0.6 is 0 Å². The molecule has 1 heterocycles. The molecule has 0 radical (unpaired) electrons. The lowest BCUT2D eigenvalue weighted by Gasteiger charge is -2.13. The van der Waals surface area contributed by atoms with E-state index >= 15 is 0 Å². The molecular weight excluding hydrogens is 369 g/mol. The molecule has 6 nitrogen and oxygen atoms in total. The van der Waals surface area contributed by atoms with Crippen LogP contribution in [0.5, 0.6) is 0 Å². The Morgan fingerprint density at radius 1 is 1.07 bits per heavy atom. The molecule has 0 aliphatic carbocycles. The monoisotopic (exact) mass is 390 g/mol. The first-order valence-electron chi connectivity index (χ1n) is 8.48. The molecule has 28 heavy (non-hydrogen) atoms. The van der Waals surface area contributed by atoms with E-state index in [1.807, 2.05) is 13.8 Å². The van der Waals surface area contributed by atoms with E-state index in [2.05, 4.69) is 37.2 Å². The van der Waals surface area contributed by atoms with E-state index in [4.69, 9.17) is 0 Å². The number of nitrogens with one attached hydrogen (secondary N) is 2. The Morgan fingerprint density at radius 3 is 2.21 bits per heavy atom. The van der Waals surface area contributed by atoms with Crippen molar-refractivity contribution in [2.45, 2.75) is 33.7 Å². The zero-order chi connectivity index (χ0) is 20.8. The van der Waals surface area contributed by atoms with Gasteiger partial charge >= 0.3 is 0 Å². The van der Waals surface area contributed by atoms with E-state index in [-0.39, 0.29) is 35.1 Å². The Balaban J connectivity index is 2.58. The van der Waals surface area contributed by atoms with Gasteiger partial charge in [0.1, 0.15) is 17.3 Å². The third-order valence-electron chi connectivity index (χ3n) is 3.12. The average Bonchev–Trinajstić information content (AvgIpc) is 2.57. The highest BCUT2D eigenvalue weighted by molar-refractivity contribution is 5.86. The molecule has 2 aromatic rings. The molecule has 0 saturated carbocycles. The minimum absolute atomic E-state index is 0.0252. The van der Waals surface area contributed by atoms with Crippen molar-refractivity contribution in [3.05, 3.63) is 54.1 Å². The van der Waals surface area contributed by atoms with E-state index in [0.717, 1.165) is 24.3 Å². The van der Waals surface area contributed by atoms with Crippen LogP contribution in [0.25, 0.3) is 5.70 Å². The van der Waals surface area contributed by atoms with Gasteiger partial charge in [-0.2, -0.15) is 15.0 Å². The summed E-state index contributed by atoms with van der Waals surface area (Å²) in [6.45, 7) is 10.5. The predicted octanol–water partition coefficient (Wildman–Crippen LogP) is 5.02. The van der Waals surface area contributed by atoms with Crippen LogP contribution in [0.1, 0.15) is 33.5 Å². The molecule has 0 fully saturated rings. The maximum atomic E-state index is 14.3. The molecule has 1 aromatic carbocycles. The van der Waals surface area contributed by atoms with Crippen LogP contribution < -0.4 is 10.6 Å². The number of aliphatic imine (C=N–C) groups is 1. The fraction of sp³-hybridized carbons (Fsp3) is 0.263. The smallest absolute Gasteiger partial charge is 0.232 e. The molecule has 0 saturated heterocycles. The fourth-order valence-electron chi connectivity index (χ4n) is 2.15. The van der Waals surface area contributed by atoms with Gasteiger partial charge in [0, 0.05) is 23.5 Å². The molecule has 0 aliphatic rings. The minimum atomic E-state index is -0.762. The molecule has 0 aliphatic heterocycles. The minimum Gasteiger partial charge on any atom is -0.352 e. The second-order valence-corrected chi connectivity index (χ2v) is 6.35. The van der Waals surface area contributed by atoms with E-state index in [1.165, 1.54) is 0 Å². The highest BCUT2D eigenvalue weighted by Gasteiger charge is 2.15. The molecule has 0 unspecified atom stereocenters. The van der Waals surface area contributed by atoms with Gasteiger partial charge in [0.15, 0.2) is 11.7 Å². The molecule has 148 valence electrons. The number of benzene rings is 1. The number of nitrogens with zero attached hydrogens (tertiary/aromatic N) is 4. The van der Waals surface area contributed by atoms with Crippen molar-refractivity contribution in [2.75, 3.05) is 10.6 Å². The summed E-state index contributed by atoms with van der Waals surface area (Å²) in [6, 6.07) is 2.88. The summed E-state index contributed by atoms with van der Waals surface area (Å²) in [6.07, 6.45) is 0.996. The van der Waals surface area contributed by atoms with Crippen molar-refractivity contribution in [2.24, 2.45) is 4.99 Å². The highest BCUT2D eigenvalue weighted by Crippen LogP contribution is 2.23. The van der Waals surface area contributed by atoms with Crippen molar-refractivity contribution >= 4 is 29.0 Å². The molecule has 9 heteroatoms. The second-order valence-electron chi connectivity index (χ2n) is 6.35. The number of rotatable bonds is 7. The van der Waals surface area contributed by atoms with Crippen molar-refractivity contribution in [3.63, 3.8) is 0 Å². The van der Waals surface area contributed by atoms with Crippen LogP contribution in [-0.2, 0) is 0 Å². The fourth-order valence-corrected chi connectivity index (χ4v) is 2.15. The molecule has 1 aromatic heterocycles. The van der Waals surface area contributed by atoms with Gasteiger partial charge in [-0.3, -0.25) is 4.99 Å². The Morgan fingerprint density at radius 2 is 1.68 bits per heavy atom.